The molecule has 0 bridgehead atoms. The molecule has 0 spiro atoms. The quantitative estimate of drug-likeness (QED) is 0.196. The lowest BCUT2D eigenvalue weighted by atomic mass is 9.86. The van der Waals surface area contributed by atoms with Gasteiger partial charge in [0.25, 0.3) is 0 Å². The van der Waals surface area contributed by atoms with Crippen molar-refractivity contribution in [1.29, 1.82) is 0 Å². The molecule has 3 heterocycles. The zero-order chi connectivity index (χ0) is 34.0. The molecular weight excluding hydrogens is 636 g/mol. The van der Waals surface area contributed by atoms with Crippen LogP contribution in [0, 0.1) is 5.92 Å². The number of aliphatic hydroxyl groups is 3. The highest BCUT2D eigenvalue weighted by molar-refractivity contribution is 7.89. The zero-order valence-electron chi connectivity index (χ0n) is 26.2. The normalized spacial score (nSPS) is 26.6. The molecule has 256 valence electrons. The van der Waals surface area contributed by atoms with E-state index in [-0.39, 0.29) is 30.0 Å². The Bertz CT molecular complexity index is 1700. The Kier molecular flexibility index (Phi) is 10.3. The molecule has 1 saturated heterocycles. The number of nitrogens with zero attached hydrogens (tertiary/aromatic N) is 5. The molecule has 5 N–H and O–H groups in total. The number of hydrogen-bond acceptors (Lipinski definition) is 12. The van der Waals surface area contributed by atoms with Crippen molar-refractivity contribution in [3.63, 3.8) is 0 Å². The molecule has 0 radical (unpaired) electrons. The Balaban J connectivity index is 1.28. The number of aromatic nitrogens is 3. The molecule has 1 aromatic carbocycles. The minimum absolute atomic E-state index is 0.0371. The van der Waals surface area contributed by atoms with Gasteiger partial charge >= 0.3 is 12.0 Å². The monoisotopic (exact) mass is 676 g/mol. The topological polar surface area (TPSA) is 217 Å². The van der Waals surface area contributed by atoms with Crippen LogP contribution in [0.15, 0.2) is 42.9 Å². The molecule has 5 atom stereocenters. The molecule has 0 unspecified atom stereocenters. The van der Waals surface area contributed by atoms with Crippen molar-refractivity contribution in [3.8, 4) is 5.75 Å². The van der Waals surface area contributed by atoms with E-state index >= 15 is 0 Å². The molecule has 1 amide bonds. The first-order chi connectivity index (χ1) is 22.3. The van der Waals surface area contributed by atoms with Crippen LogP contribution in [0.3, 0.4) is 0 Å². The van der Waals surface area contributed by atoms with Crippen molar-refractivity contribution in [3.05, 3.63) is 48.4 Å². The van der Waals surface area contributed by atoms with Crippen LogP contribution >= 0.6 is 0 Å². The molecule has 2 fully saturated rings. The summed E-state index contributed by atoms with van der Waals surface area (Å²) in [5.41, 5.74) is 0.902. The summed E-state index contributed by atoms with van der Waals surface area (Å²) in [6, 6.07) is 8.08. The van der Waals surface area contributed by atoms with E-state index in [1.165, 1.54) is 22.8 Å². The molecule has 1 aliphatic carbocycles. The second-order valence-corrected chi connectivity index (χ2v) is 14.0. The van der Waals surface area contributed by atoms with Crippen molar-refractivity contribution in [2.75, 3.05) is 31.8 Å². The third-order valence-electron chi connectivity index (χ3n) is 8.89. The van der Waals surface area contributed by atoms with Gasteiger partial charge in [0.2, 0.25) is 16.3 Å². The molecule has 1 aliphatic heterocycles. The number of para-hydroxylation sites is 1. The maximum absolute atomic E-state index is 13.7. The third kappa shape index (κ3) is 7.34. The highest BCUT2D eigenvalue weighted by atomic mass is 32.2. The number of aliphatic hydroxyl groups excluding tert-OH is 3. The number of sulfonamides is 1. The van der Waals surface area contributed by atoms with Gasteiger partial charge in [-0.1, -0.05) is 18.2 Å². The van der Waals surface area contributed by atoms with Gasteiger partial charge in [-0.15, -0.1) is 0 Å². The number of ether oxygens (including phenoxy) is 2. The van der Waals surface area contributed by atoms with E-state index in [2.05, 4.69) is 19.6 Å². The average Bonchev–Trinajstić information content (AvgIpc) is 3.49. The summed E-state index contributed by atoms with van der Waals surface area (Å²) in [5, 5.41) is 40.6. The first-order valence-electron chi connectivity index (χ1n) is 15.2. The number of fused-ring (bicyclic) bond motifs is 1. The Labute approximate surface area is 271 Å². The number of carbonyl (C=O) groups is 2. The van der Waals surface area contributed by atoms with Gasteiger partial charge in [-0.2, -0.15) is 0 Å². The number of amides is 1. The van der Waals surface area contributed by atoms with Crippen molar-refractivity contribution in [1.82, 2.24) is 24.2 Å². The van der Waals surface area contributed by atoms with Crippen LogP contribution in [-0.4, -0.2) is 124 Å². The van der Waals surface area contributed by atoms with E-state index in [1.54, 1.807) is 43.6 Å². The van der Waals surface area contributed by atoms with E-state index in [9.17, 15) is 38.4 Å². The fraction of sp³-hybridized carbons (Fsp3) is 0.533. The number of nitrogens with one attached hydrogen (secondary N) is 1. The van der Waals surface area contributed by atoms with Crippen molar-refractivity contribution >= 4 is 38.9 Å². The minimum Gasteiger partial charge on any atom is -0.479 e. The fourth-order valence-corrected chi connectivity index (χ4v) is 7.29. The number of benzene rings is 1. The van der Waals surface area contributed by atoms with Gasteiger partial charge in [0.15, 0.2) is 11.8 Å². The summed E-state index contributed by atoms with van der Waals surface area (Å²) in [6.07, 6.45) is -2.68. The first kappa shape index (κ1) is 34.5. The highest BCUT2D eigenvalue weighted by Gasteiger charge is 2.48. The summed E-state index contributed by atoms with van der Waals surface area (Å²) in [6.45, 7) is 0.0371. The van der Waals surface area contributed by atoms with Gasteiger partial charge in [-0.25, -0.2) is 32.7 Å². The number of rotatable bonds is 10. The van der Waals surface area contributed by atoms with Gasteiger partial charge in [0, 0.05) is 31.9 Å². The standard InChI is InChI=1S/C30H40N6O10S/c1-31-47(43,44)15-17-8-10-19(11-9-17)35(3)26-20-12-13-36(27(20)33-16-32-26)30(42)34(2)14-18-6-4-5-7-21(18)45-29-24(39)22(37)23(38)25(46-29)28(40)41/h4-7,12-13,16-17,19,22-25,29,31,37-39H,8-11,14-15H2,1-3H3,(H,40,41)/t17?,19?,22-,23-,24+,25-,29+/m0/s1. The lowest BCUT2D eigenvalue weighted by Crippen LogP contribution is -2.61. The van der Waals surface area contributed by atoms with Crippen LogP contribution in [0.5, 0.6) is 5.75 Å². The van der Waals surface area contributed by atoms with Gasteiger partial charge in [0.05, 0.1) is 17.7 Å². The van der Waals surface area contributed by atoms with Crippen molar-refractivity contribution < 1.29 is 47.9 Å². The molecule has 16 nitrogen and oxygen atoms in total. The molecule has 5 rings (SSSR count). The Morgan fingerprint density at radius 2 is 1.74 bits per heavy atom. The molecule has 2 aliphatic rings. The number of carboxylic acid groups (broad SMARTS) is 1. The number of carboxylic acids is 1. The molecule has 47 heavy (non-hydrogen) atoms. The summed E-state index contributed by atoms with van der Waals surface area (Å²) in [5.74, 6) is -0.494. The molecule has 2 aromatic heterocycles. The SMILES string of the molecule is CNS(=O)(=O)CC1CCC(N(C)c2ncnc3c2ccn3C(=O)N(C)Cc2ccccc2O[C@@H]2O[C@H](C(=O)O)[C@@H](O)[C@H](O)[C@H]2O)CC1. The van der Waals surface area contributed by atoms with Crippen LogP contribution in [0.4, 0.5) is 10.6 Å². The van der Waals surface area contributed by atoms with E-state index in [4.69, 9.17) is 9.47 Å². The summed E-state index contributed by atoms with van der Waals surface area (Å²) >= 11 is 0. The number of carbonyl (C=O) groups excluding carboxylic acids is 1. The van der Waals surface area contributed by atoms with Gasteiger partial charge in [-0.3, -0.25) is 4.57 Å². The number of aliphatic carboxylic acids is 1. The first-order valence-corrected chi connectivity index (χ1v) is 16.8. The highest BCUT2D eigenvalue weighted by Crippen LogP contribution is 2.33. The number of hydrogen-bond donors (Lipinski definition) is 5. The second kappa shape index (κ2) is 14.1. The maximum Gasteiger partial charge on any atom is 0.335 e. The van der Waals surface area contributed by atoms with Crippen LogP contribution in [-0.2, 0) is 26.1 Å². The second-order valence-electron chi connectivity index (χ2n) is 12.0. The predicted octanol–water partition coefficient (Wildman–Crippen LogP) is 0.347. The van der Waals surface area contributed by atoms with E-state index in [1.807, 2.05) is 7.05 Å². The molecule has 17 heteroatoms. The largest absolute Gasteiger partial charge is 0.479 e. The zero-order valence-corrected chi connectivity index (χ0v) is 27.0. The lowest BCUT2D eigenvalue weighted by Gasteiger charge is -2.38. The predicted molar refractivity (Wildman–Crippen MR) is 168 cm³/mol. The smallest absolute Gasteiger partial charge is 0.335 e. The van der Waals surface area contributed by atoms with Gasteiger partial charge < -0.3 is 39.7 Å². The van der Waals surface area contributed by atoms with Crippen molar-refractivity contribution in [2.45, 2.75) is 69.0 Å². The summed E-state index contributed by atoms with van der Waals surface area (Å²) in [7, 11) is 1.67. The summed E-state index contributed by atoms with van der Waals surface area (Å²) < 4.78 is 38.8. The van der Waals surface area contributed by atoms with Crippen LogP contribution in [0.2, 0.25) is 0 Å². The Morgan fingerprint density at radius 1 is 1.04 bits per heavy atom. The van der Waals surface area contributed by atoms with Gasteiger partial charge in [0.1, 0.15) is 36.2 Å². The Morgan fingerprint density at radius 3 is 2.43 bits per heavy atom. The third-order valence-corrected chi connectivity index (χ3v) is 10.4. The van der Waals surface area contributed by atoms with E-state index in [0.717, 1.165) is 25.7 Å². The van der Waals surface area contributed by atoms with Crippen LogP contribution in [0.1, 0.15) is 31.2 Å². The molecule has 1 saturated carbocycles. The lowest BCUT2D eigenvalue weighted by molar-refractivity contribution is -0.271. The Hall–Kier alpha value is -3.87. The van der Waals surface area contributed by atoms with Crippen LogP contribution in [0.25, 0.3) is 11.0 Å². The molecular formula is C30H40N6O10S. The van der Waals surface area contributed by atoms with Crippen molar-refractivity contribution in [2.24, 2.45) is 5.92 Å². The van der Waals surface area contributed by atoms with E-state index < -0.39 is 52.7 Å². The average molecular weight is 677 g/mol. The molecule has 3 aromatic rings. The van der Waals surface area contributed by atoms with Crippen LogP contribution < -0.4 is 14.4 Å². The fourth-order valence-electron chi connectivity index (χ4n) is 6.17. The maximum atomic E-state index is 13.7. The summed E-state index contributed by atoms with van der Waals surface area (Å²) in [4.78, 5) is 37.5. The minimum atomic E-state index is -3.27. The van der Waals surface area contributed by atoms with Gasteiger partial charge in [-0.05, 0) is 50.8 Å². The number of anilines is 1. The van der Waals surface area contributed by atoms with E-state index in [0.29, 0.717) is 22.4 Å².